The molecule has 2 N–H and O–H groups in total. The first-order valence-corrected chi connectivity index (χ1v) is 13.8. The minimum atomic E-state index is -0.528. The van der Waals surface area contributed by atoms with Gasteiger partial charge in [-0.15, -0.1) is 22.7 Å². The van der Waals surface area contributed by atoms with Crippen LogP contribution in [0.3, 0.4) is 0 Å². The van der Waals surface area contributed by atoms with Gasteiger partial charge in [0.1, 0.15) is 0 Å². The molecule has 1 saturated heterocycles. The maximum atomic E-state index is 13.1. The standard InChI is InChI=1S/C25H33N3O3S2/c1-14(23(31)28-10-4-5-11-28)16-8-9-25(3)13-18-20(15(2)19(25)21(16)29)26-24(33-18)27-22(30)17-7-6-12-32-17/h6-7,12,14-16,19,21,29H,4-5,8-11,13H2,1-3H3,(H,26,27,30)/t14-,15-,16+,19+,21-,25+/m0/s1. The van der Waals surface area contributed by atoms with Gasteiger partial charge in [0.05, 0.1) is 16.7 Å². The SMILES string of the molecule is C[C@H](C(=O)N1CCCC1)[C@H]1CC[C@]2(C)Cc3sc(NC(=O)c4cccs4)nc3[C@@H](C)[C@@H]2[C@H]1O. The molecule has 0 spiro atoms. The Bertz CT molecular complexity index is 1030. The number of aromatic nitrogens is 1. The number of aliphatic hydroxyl groups excluding tert-OH is 1. The first kappa shape index (κ1) is 23.0. The zero-order valence-electron chi connectivity index (χ0n) is 19.5. The van der Waals surface area contributed by atoms with Gasteiger partial charge >= 0.3 is 0 Å². The van der Waals surface area contributed by atoms with Crippen LogP contribution in [-0.2, 0) is 11.2 Å². The Morgan fingerprint density at radius 2 is 2.09 bits per heavy atom. The van der Waals surface area contributed by atoms with Gasteiger partial charge in [0.15, 0.2) is 5.13 Å². The molecular formula is C25H33N3O3S2. The number of likely N-dealkylation sites (tertiary alicyclic amines) is 1. The number of fused-ring (bicyclic) bond motifs is 2. The number of carbonyl (C=O) groups excluding carboxylic acids is 2. The zero-order chi connectivity index (χ0) is 23.3. The molecule has 3 heterocycles. The van der Waals surface area contributed by atoms with Gasteiger partial charge in [-0.25, -0.2) is 4.98 Å². The van der Waals surface area contributed by atoms with Crippen molar-refractivity contribution in [3.05, 3.63) is 33.0 Å². The fourth-order valence-electron chi connectivity index (χ4n) is 6.58. The lowest BCUT2D eigenvalue weighted by atomic mass is 9.53. The number of nitrogens with zero attached hydrogens (tertiary/aromatic N) is 2. The minimum absolute atomic E-state index is 0.0168. The summed E-state index contributed by atoms with van der Waals surface area (Å²) < 4.78 is 0. The molecule has 2 amide bonds. The smallest absolute Gasteiger partial charge is 0.267 e. The maximum absolute atomic E-state index is 13.1. The van der Waals surface area contributed by atoms with Crippen molar-refractivity contribution >= 4 is 39.6 Å². The molecule has 1 aliphatic heterocycles. The molecule has 5 rings (SSSR count). The molecule has 0 radical (unpaired) electrons. The second-order valence-corrected chi connectivity index (χ2v) is 12.4. The Morgan fingerprint density at radius 3 is 2.79 bits per heavy atom. The van der Waals surface area contributed by atoms with Crippen LogP contribution >= 0.6 is 22.7 Å². The molecule has 2 fully saturated rings. The van der Waals surface area contributed by atoms with E-state index in [1.54, 1.807) is 11.3 Å². The van der Waals surface area contributed by atoms with E-state index < -0.39 is 6.10 Å². The van der Waals surface area contributed by atoms with Crippen molar-refractivity contribution in [2.75, 3.05) is 18.4 Å². The Morgan fingerprint density at radius 1 is 1.33 bits per heavy atom. The van der Waals surface area contributed by atoms with Crippen LogP contribution in [0.15, 0.2) is 17.5 Å². The molecule has 178 valence electrons. The van der Waals surface area contributed by atoms with Gasteiger partial charge in [-0.05, 0) is 60.8 Å². The zero-order valence-corrected chi connectivity index (χ0v) is 21.2. The van der Waals surface area contributed by atoms with Crippen molar-refractivity contribution in [1.82, 2.24) is 9.88 Å². The van der Waals surface area contributed by atoms with Crippen LogP contribution in [0.1, 0.15) is 72.6 Å². The summed E-state index contributed by atoms with van der Waals surface area (Å²) in [6.45, 7) is 8.16. The van der Waals surface area contributed by atoms with Crippen LogP contribution in [0.2, 0.25) is 0 Å². The fraction of sp³-hybridized carbons (Fsp3) is 0.640. The van der Waals surface area contributed by atoms with Crippen LogP contribution < -0.4 is 5.32 Å². The molecule has 0 bridgehead atoms. The first-order valence-electron chi connectivity index (χ1n) is 12.1. The largest absolute Gasteiger partial charge is 0.392 e. The molecule has 1 saturated carbocycles. The number of thiophene rings is 1. The summed E-state index contributed by atoms with van der Waals surface area (Å²) in [7, 11) is 0. The molecule has 8 heteroatoms. The van der Waals surface area contributed by atoms with Crippen LogP contribution in [0.4, 0.5) is 5.13 Å². The highest BCUT2D eigenvalue weighted by Gasteiger charge is 2.54. The lowest BCUT2D eigenvalue weighted by molar-refractivity contribution is -0.143. The highest BCUT2D eigenvalue weighted by Crippen LogP contribution is 2.57. The van der Waals surface area contributed by atoms with Crippen LogP contribution in [0.5, 0.6) is 0 Å². The molecular weight excluding hydrogens is 454 g/mol. The van der Waals surface area contributed by atoms with Gasteiger partial charge in [0, 0.05) is 29.8 Å². The summed E-state index contributed by atoms with van der Waals surface area (Å²) in [5.74, 6) is 0.0391. The predicted molar refractivity (Wildman–Crippen MR) is 132 cm³/mol. The molecule has 33 heavy (non-hydrogen) atoms. The molecule has 3 aliphatic rings. The third-order valence-corrected chi connectivity index (χ3v) is 10.2. The number of hydrogen-bond donors (Lipinski definition) is 2. The van der Waals surface area contributed by atoms with Crippen LogP contribution in [0.25, 0.3) is 0 Å². The second kappa shape index (κ2) is 8.78. The van der Waals surface area contributed by atoms with E-state index in [4.69, 9.17) is 4.98 Å². The minimum Gasteiger partial charge on any atom is -0.392 e. The van der Waals surface area contributed by atoms with E-state index in [0.29, 0.717) is 10.0 Å². The quantitative estimate of drug-likeness (QED) is 0.651. The number of aliphatic hydroxyl groups is 1. The Balaban J connectivity index is 1.36. The van der Waals surface area contributed by atoms with E-state index >= 15 is 0 Å². The third-order valence-electron chi connectivity index (χ3n) is 8.34. The number of amides is 2. The molecule has 6 nitrogen and oxygen atoms in total. The number of thiazole rings is 1. The second-order valence-electron chi connectivity index (χ2n) is 10.4. The van der Waals surface area contributed by atoms with Crippen LogP contribution in [0, 0.1) is 23.2 Å². The van der Waals surface area contributed by atoms with Gasteiger partial charge < -0.3 is 10.0 Å². The third kappa shape index (κ3) is 4.04. The van der Waals surface area contributed by atoms with Crippen molar-refractivity contribution in [2.45, 2.75) is 64.9 Å². The average Bonchev–Trinajstić information content (AvgIpc) is 3.54. The Labute approximate surface area is 203 Å². The Hall–Kier alpha value is -1.77. The molecule has 2 aromatic rings. The fourth-order valence-corrected chi connectivity index (χ4v) is 8.45. The van der Waals surface area contributed by atoms with Crippen LogP contribution in [-0.4, -0.2) is 46.0 Å². The summed E-state index contributed by atoms with van der Waals surface area (Å²) in [5, 5.41) is 17.1. The lowest BCUT2D eigenvalue weighted by Crippen LogP contribution is -2.53. The highest BCUT2D eigenvalue weighted by molar-refractivity contribution is 7.16. The monoisotopic (exact) mass is 487 g/mol. The van der Waals surface area contributed by atoms with E-state index in [2.05, 4.69) is 19.2 Å². The summed E-state index contributed by atoms with van der Waals surface area (Å²) >= 11 is 2.98. The number of rotatable bonds is 4. The van der Waals surface area contributed by atoms with Gasteiger partial charge in [0.2, 0.25) is 5.91 Å². The van der Waals surface area contributed by atoms with Crippen molar-refractivity contribution in [1.29, 1.82) is 0 Å². The Kier molecular flexibility index (Phi) is 6.12. The normalized spacial score (nSPS) is 32.2. The number of nitrogens with one attached hydrogen (secondary N) is 1. The summed E-state index contributed by atoms with van der Waals surface area (Å²) in [6.07, 6.45) is 4.37. The number of anilines is 1. The molecule has 2 aliphatic carbocycles. The molecule has 2 aromatic heterocycles. The van der Waals surface area contributed by atoms with Gasteiger partial charge in [-0.2, -0.15) is 0 Å². The van der Waals surface area contributed by atoms with Crippen molar-refractivity contribution < 1.29 is 14.7 Å². The maximum Gasteiger partial charge on any atom is 0.267 e. The molecule has 6 atom stereocenters. The predicted octanol–water partition coefficient (Wildman–Crippen LogP) is 4.77. The lowest BCUT2D eigenvalue weighted by Gasteiger charge is -2.53. The molecule has 0 aromatic carbocycles. The van der Waals surface area contributed by atoms with Crippen molar-refractivity contribution in [2.24, 2.45) is 23.2 Å². The van der Waals surface area contributed by atoms with E-state index in [0.717, 1.165) is 50.9 Å². The van der Waals surface area contributed by atoms with Gasteiger partial charge in [-0.1, -0.05) is 26.8 Å². The van der Waals surface area contributed by atoms with E-state index in [9.17, 15) is 14.7 Å². The highest BCUT2D eigenvalue weighted by atomic mass is 32.1. The summed E-state index contributed by atoms with van der Waals surface area (Å²) in [5.41, 5.74) is 0.975. The first-order chi connectivity index (χ1) is 15.8. The van der Waals surface area contributed by atoms with Crippen molar-refractivity contribution in [3.63, 3.8) is 0 Å². The summed E-state index contributed by atoms with van der Waals surface area (Å²) in [6, 6.07) is 3.68. The average molecular weight is 488 g/mol. The van der Waals surface area contributed by atoms with Gasteiger partial charge in [-0.3, -0.25) is 14.9 Å². The van der Waals surface area contributed by atoms with Crippen molar-refractivity contribution in [3.8, 4) is 0 Å². The van der Waals surface area contributed by atoms with E-state index in [-0.39, 0.29) is 40.9 Å². The van der Waals surface area contributed by atoms with E-state index in [1.165, 1.54) is 16.2 Å². The topological polar surface area (TPSA) is 82.5 Å². The summed E-state index contributed by atoms with van der Waals surface area (Å²) in [4.78, 5) is 34.3. The van der Waals surface area contributed by atoms with E-state index in [1.807, 2.05) is 29.3 Å². The number of carbonyl (C=O) groups is 2. The van der Waals surface area contributed by atoms with Gasteiger partial charge in [0.25, 0.3) is 5.91 Å². The molecule has 0 unspecified atom stereocenters. The number of hydrogen-bond acceptors (Lipinski definition) is 6.